The Hall–Kier alpha value is -2.08. The molecule has 0 atom stereocenters. The van der Waals surface area contributed by atoms with E-state index >= 15 is 0 Å². The molecule has 2 fully saturated rings. The molecule has 0 spiro atoms. The van der Waals surface area contributed by atoms with Crippen molar-refractivity contribution in [1.82, 2.24) is 19.1 Å². The summed E-state index contributed by atoms with van der Waals surface area (Å²) in [7, 11) is -3.66. The second-order valence-corrected chi connectivity index (χ2v) is 10.7. The van der Waals surface area contributed by atoms with Crippen LogP contribution in [0.15, 0.2) is 47.5 Å². The Kier molecular flexibility index (Phi) is 7.56. The van der Waals surface area contributed by atoms with Crippen LogP contribution in [0.25, 0.3) is 0 Å². The summed E-state index contributed by atoms with van der Waals surface area (Å²) in [5.41, 5.74) is -0.130. The fourth-order valence-corrected chi connectivity index (χ4v) is 6.13. The minimum absolute atomic E-state index is 0.105. The summed E-state index contributed by atoms with van der Waals surface area (Å²) in [4.78, 5) is 8.20. The predicted octanol–water partition coefficient (Wildman–Crippen LogP) is 3.60. The first-order valence-corrected chi connectivity index (χ1v) is 12.8. The number of likely N-dealkylation sites (tertiary alicyclic amines) is 1. The predicted molar refractivity (Wildman–Crippen MR) is 119 cm³/mol. The molecule has 186 valence electrons. The minimum Gasteiger partial charge on any atom is -0.299 e. The van der Waals surface area contributed by atoms with Gasteiger partial charge in [0.2, 0.25) is 10.0 Å². The van der Waals surface area contributed by atoms with Gasteiger partial charge in [-0.2, -0.15) is 17.5 Å². The van der Waals surface area contributed by atoms with Crippen molar-refractivity contribution in [3.05, 3.63) is 59.7 Å². The van der Waals surface area contributed by atoms with Gasteiger partial charge in [-0.3, -0.25) is 14.8 Å². The number of benzene rings is 1. The zero-order chi connectivity index (χ0) is 24.3. The van der Waals surface area contributed by atoms with Crippen molar-refractivity contribution in [1.29, 1.82) is 0 Å². The van der Waals surface area contributed by atoms with Gasteiger partial charge >= 0.3 is 6.18 Å². The lowest BCUT2D eigenvalue weighted by Gasteiger charge is -2.38. The summed E-state index contributed by atoms with van der Waals surface area (Å²) >= 11 is 0. The largest absolute Gasteiger partial charge is 0.433 e. The first-order chi connectivity index (χ1) is 16.1. The molecular weight excluding hydrogens is 472 g/mol. The number of alkyl halides is 3. The number of sulfonamides is 1. The second-order valence-electron chi connectivity index (χ2n) is 8.80. The summed E-state index contributed by atoms with van der Waals surface area (Å²) in [5, 5.41) is 0. The van der Waals surface area contributed by atoms with E-state index in [0.717, 1.165) is 62.7 Å². The number of nitrogens with zero attached hydrogens (tertiary/aromatic N) is 4. The molecule has 2 aliphatic heterocycles. The van der Waals surface area contributed by atoms with Crippen molar-refractivity contribution in [2.45, 2.75) is 42.9 Å². The fraction of sp³-hybridized carbons (Fsp3) is 0.522. The Morgan fingerprint density at radius 3 is 2.24 bits per heavy atom. The van der Waals surface area contributed by atoms with Gasteiger partial charge in [0.05, 0.1) is 4.90 Å². The van der Waals surface area contributed by atoms with Crippen LogP contribution in [0.4, 0.5) is 17.6 Å². The van der Waals surface area contributed by atoms with Crippen molar-refractivity contribution in [2.24, 2.45) is 0 Å². The minimum atomic E-state index is -4.43. The van der Waals surface area contributed by atoms with Crippen LogP contribution in [0, 0.1) is 5.82 Å². The van der Waals surface area contributed by atoms with Crippen LogP contribution in [-0.2, 0) is 22.7 Å². The highest BCUT2D eigenvalue weighted by molar-refractivity contribution is 7.89. The molecule has 1 aromatic heterocycles. The standard InChI is InChI=1S/C23H28F4N4O2S/c24-19-3-5-21(6-4-19)34(32,33)31-11-1-10-30(14-15-31)20-8-12-29(13-9-20)17-18-2-7-22(28-16-18)23(25,26)27/h2-7,16,20H,1,8-15,17H2. The summed E-state index contributed by atoms with van der Waals surface area (Å²) in [6.07, 6.45) is -0.590. The molecule has 0 N–H and O–H groups in total. The molecule has 0 bridgehead atoms. The van der Waals surface area contributed by atoms with Crippen LogP contribution in [0.5, 0.6) is 0 Å². The van der Waals surface area contributed by atoms with Gasteiger partial charge in [0, 0.05) is 38.4 Å². The van der Waals surface area contributed by atoms with Gasteiger partial charge in [0.15, 0.2) is 0 Å². The number of hydrogen-bond donors (Lipinski definition) is 0. The van der Waals surface area contributed by atoms with Crippen molar-refractivity contribution in [2.75, 3.05) is 39.3 Å². The van der Waals surface area contributed by atoms with E-state index < -0.39 is 27.7 Å². The highest BCUT2D eigenvalue weighted by Crippen LogP contribution is 2.28. The zero-order valence-corrected chi connectivity index (χ0v) is 19.5. The van der Waals surface area contributed by atoms with Crippen LogP contribution in [0.2, 0.25) is 0 Å². The Morgan fingerprint density at radius 2 is 1.62 bits per heavy atom. The smallest absolute Gasteiger partial charge is 0.299 e. The molecule has 0 saturated carbocycles. The molecule has 2 saturated heterocycles. The summed E-state index contributed by atoms with van der Waals surface area (Å²) < 4.78 is 78.6. The van der Waals surface area contributed by atoms with Gasteiger partial charge in [-0.05, 0) is 74.8 Å². The molecule has 2 aromatic rings. The highest BCUT2D eigenvalue weighted by Gasteiger charge is 2.33. The average molecular weight is 501 g/mol. The Bertz CT molecular complexity index is 1050. The van der Waals surface area contributed by atoms with Crippen LogP contribution < -0.4 is 0 Å². The molecule has 34 heavy (non-hydrogen) atoms. The maximum absolute atomic E-state index is 13.2. The molecule has 11 heteroatoms. The van der Waals surface area contributed by atoms with Crippen molar-refractivity contribution < 1.29 is 26.0 Å². The number of pyridine rings is 1. The zero-order valence-electron chi connectivity index (χ0n) is 18.7. The fourth-order valence-electron chi connectivity index (χ4n) is 4.66. The summed E-state index contributed by atoms with van der Waals surface area (Å²) in [6.45, 7) is 4.45. The third-order valence-corrected chi connectivity index (χ3v) is 8.45. The van der Waals surface area contributed by atoms with Gasteiger partial charge in [-0.1, -0.05) is 6.07 Å². The molecule has 1 aromatic carbocycles. The normalized spacial score (nSPS) is 20.4. The first kappa shape index (κ1) is 25.0. The average Bonchev–Trinajstić information content (AvgIpc) is 3.07. The molecule has 3 heterocycles. The van der Waals surface area contributed by atoms with Gasteiger partial charge in [-0.15, -0.1) is 0 Å². The van der Waals surface area contributed by atoms with E-state index in [2.05, 4.69) is 14.8 Å². The third kappa shape index (κ3) is 5.94. The number of halogens is 4. The van der Waals surface area contributed by atoms with E-state index in [1.807, 2.05) is 0 Å². The monoisotopic (exact) mass is 500 g/mol. The molecule has 0 aliphatic carbocycles. The van der Waals surface area contributed by atoms with E-state index in [1.54, 1.807) is 0 Å². The maximum Gasteiger partial charge on any atom is 0.433 e. The SMILES string of the molecule is O=S(=O)(c1ccc(F)cc1)N1CCCN(C2CCN(Cc3ccc(C(F)(F)F)nc3)CC2)CC1. The topological polar surface area (TPSA) is 56.8 Å². The van der Waals surface area contributed by atoms with Crippen LogP contribution >= 0.6 is 0 Å². The van der Waals surface area contributed by atoms with Crippen molar-refractivity contribution in [3.8, 4) is 0 Å². The second kappa shape index (κ2) is 10.3. The quantitative estimate of drug-likeness (QED) is 0.588. The van der Waals surface area contributed by atoms with Crippen molar-refractivity contribution in [3.63, 3.8) is 0 Å². The van der Waals surface area contributed by atoms with Gasteiger partial charge in [0.1, 0.15) is 11.5 Å². The molecule has 6 nitrogen and oxygen atoms in total. The lowest BCUT2D eigenvalue weighted by molar-refractivity contribution is -0.141. The van der Waals surface area contributed by atoms with E-state index in [4.69, 9.17) is 0 Å². The Balaban J connectivity index is 1.28. The molecule has 2 aliphatic rings. The van der Waals surface area contributed by atoms with E-state index in [1.165, 1.54) is 28.7 Å². The Morgan fingerprint density at radius 1 is 0.912 bits per heavy atom. The van der Waals surface area contributed by atoms with E-state index in [-0.39, 0.29) is 4.90 Å². The van der Waals surface area contributed by atoms with E-state index in [0.29, 0.717) is 32.2 Å². The molecule has 0 radical (unpaired) electrons. The van der Waals surface area contributed by atoms with Crippen LogP contribution in [0.1, 0.15) is 30.5 Å². The van der Waals surface area contributed by atoms with Gasteiger partial charge in [0.25, 0.3) is 0 Å². The van der Waals surface area contributed by atoms with Crippen LogP contribution in [-0.4, -0.2) is 72.8 Å². The number of piperidine rings is 1. The highest BCUT2D eigenvalue weighted by atomic mass is 32.2. The third-order valence-electron chi connectivity index (χ3n) is 6.54. The summed E-state index contributed by atoms with van der Waals surface area (Å²) in [5.74, 6) is -0.470. The molecule has 0 amide bonds. The lowest BCUT2D eigenvalue weighted by atomic mass is 10.0. The number of hydrogen-bond acceptors (Lipinski definition) is 5. The first-order valence-electron chi connectivity index (χ1n) is 11.4. The molecule has 0 unspecified atom stereocenters. The van der Waals surface area contributed by atoms with Gasteiger partial charge in [-0.25, -0.2) is 12.8 Å². The van der Waals surface area contributed by atoms with Crippen molar-refractivity contribution >= 4 is 10.0 Å². The maximum atomic E-state index is 13.2. The number of aromatic nitrogens is 1. The molecular formula is C23H28F4N4O2S. The molecule has 4 rings (SSSR count). The Labute approximate surface area is 197 Å². The van der Waals surface area contributed by atoms with Crippen LogP contribution in [0.3, 0.4) is 0 Å². The van der Waals surface area contributed by atoms with Gasteiger partial charge < -0.3 is 0 Å². The van der Waals surface area contributed by atoms with E-state index in [9.17, 15) is 26.0 Å². The summed E-state index contributed by atoms with van der Waals surface area (Å²) in [6, 6.07) is 7.76. The number of rotatable bonds is 5. The lowest BCUT2D eigenvalue weighted by Crippen LogP contribution is -2.46.